The summed E-state index contributed by atoms with van der Waals surface area (Å²) in [6.07, 6.45) is 3.27. The molecule has 1 aromatic heterocycles. The fourth-order valence-corrected chi connectivity index (χ4v) is 4.33. The summed E-state index contributed by atoms with van der Waals surface area (Å²) >= 11 is 3.42. The van der Waals surface area contributed by atoms with Crippen molar-refractivity contribution in [1.29, 1.82) is 0 Å². The van der Waals surface area contributed by atoms with Crippen LogP contribution in [0.2, 0.25) is 0 Å². The van der Waals surface area contributed by atoms with Gasteiger partial charge in [-0.1, -0.05) is 28.1 Å². The molecule has 8 heteroatoms. The van der Waals surface area contributed by atoms with Crippen LogP contribution in [0.5, 0.6) is 11.5 Å². The Morgan fingerprint density at radius 1 is 1.00 bits per heavy atom. The number of pyridine rings is 1. The van der Waals surface area contributed by atoms with Crippen molar-refractivity contribution in [3.05, 3.63) is 93.7 Å². The summed E-state index contributed by atoms with van der Waals surface area (Å²) in [5.74, 6) is -0.601. The van der Waals surface area contributed by atoms with Gasteiger partial charge in [0.05, 0.1) is 11.6 Å². The van der Waals surface area contributed by atoms with Crippen molar-refractivity contribution in [2.75, 3.05) is 13.2 Å². The summed E-state index contributed by atoms with van der Waals surface area (Å²) < 4.78 is 12.0. The molecule has 0 saturated carbocycles. The lowest BCUT2D eigenvalue weighted by Crippen LogP contribution is -2.29. The number of amides is 1. The normalized spacial score (nSPS) is 19.1. The number of nitrogens with zero attached hydrogens (tertiary/aromatic N) is 2. The number of hydrogen-bond acceptors (Lipinski definition) is 6. The van der Waals surface area contributed by atoms with Gasteiger partial charge < -0.3 is 19.5 Å². The van der Waals surface area contributed by atoms with E-state index in [4.69, 9.17) is 9.47 Å². The number of hydrogen-bond donors (Lipinski definition) is 1. The number of carbonyl (C=O) groups excluding carboxylic acids is 2. The van der Waals surface area contributed by atoms with Gasteiger partial charge in [-0.25, -0.2) is 0 Å². The van der Waals surface area contributed by atoms with Gasteiger partial charge in [0.15, 0.2) is 11.5 Å². The second kappa shape index (κ2) is 8.71. The minimum atomic E-state index is -0.750. The summed E-state index contributed by atoms with van der Waals surface area (Å²) in [6, 6.07) is 15.1. The molecule has 1 unspecified atom stereocenters. The molecular formula is C25H19BrN2O5. The fraction of sp³-hybridized carbons (Fsp3) is 0.160. The van der Waals surface area contributed by atoms with E-state index in [1.54, 1.807) is 42.7 Å². The zero-order chi connectivity index (χ0) is 22.9. The van der Waals surface area contributed by atoms with Crippen molar-refractivity contribution < 1.29 is 24.2 Å². The number of likely N-dealkylation sites (tertiary alicyclic amines) is 1. The molecule has 166 valence electrons. The lowest BCUT2D eigenvalue weighted by atomic mass is 9.95. The molecule has 3 aromatic rings. The summed E-state index contributed by atoms with van der Waals surface area (Å²) in [5, 5.41) is 11.2. The van der Waals surface area contributed by atoms with Crippen molar-refractivity contribution in [2.24, 2.45) is 0 Å². The van der Waals surface area contributed by atoms with E-state index in [0.717, 1.165) is 10.0 Å². The van der Waals surface area contributed by atoms with Crippen LogP contribution in [0.25, 0.3) is 5.76 Å². The van der Waals surface area contributed by atoms with Crippen LogP contribution in [0.3, 0.4) is 0 Å². The Bertz CT molecular complexity index is 1260. The molecule has 1 N–H and O–H groups in total. The van der Waals surface area contributed by atoms with Crippen molar-refractivity contribution in [1.82, 2.24) is 9.88 Å². The largest absolute Gasteiger partial charge is 0.507 e. The van der Waals surface area contributed by atoms with Crippen LogP contribution in [0.15, 0.2) is 77.0 Å². The van der Waals surface area contributed by atoms with Crippen LogP contribution in [0.1, 0.15) is 22.7 Å². The molecule has 2 aromatic carbocycles. The van der Waals surface area contributed by atoms with Crippen LogP contribution in [-0.4, -0.2) is 39.9 Å². The van der Waals surface area contributed by atoms with Gasteiger partial charge in [-0.05, 0) is 53.6 Å². The Labute approximate surface area is 198 Å². The number of fused-ring (bicyclic) bond motifs is 1. The number of rotatable bonds is 4. The van der Waals surface area contributed by atoms with E-state index in [1.165, 1.54) is 4.90 Å². The predicted molar refractivity (Wildman–Crippen MR) is 124 cm³/mol. The van der Waals surface area contributed by atoms with Crippen molar-refractivity contribution in [3.8, 4) is 11.5 Å². The zero-order valence-electron chi connectivity index (χ0n) is 17.4. The Hall–Kier alpha value is -3.65. The molecule has 1 atom stereocenters. The third kappa shape index (κ3) is 3.98. The Balaban J connectivity index is 1.63. The molecule has 1 amide bonds. The molecule has 1 saturated heterocycles. The third-order valence-corrected chi connectivity index (χ3v) is 6.17. The molecule has 7 nitrogen and oxygen atoms in total. The minimum absolute atomic E-state index is 0.0352. The second-order valence-electron chi connectivity index (χ2n) is 7.69. The standard InChI is InChI=1S/C25H19BrN2O5/c26-18-4-1-16(2-5-18)22-21(23(29)17-3-6-19-20(13-17)33-12-11-32-19)24(30)25(31)28(22)14-15-7-9-27-10-8-15/h1-10,13,22,29H,11-12,14H2. The van der Waals surface area contributed by atoms with E-state index in [0.29, 0.717) is 35.8 Å². The number of ketones is 1. The van der Waals surface area contributed by atoms with Gasteiger partial charge in [-0.3, -0.25) is 14.6 Å². The smallest absolute Gasteiger partial charge is 0.295 e. The molecule has 2 aliphatic heterocycles. The molecule has 1 fully saturated rings. The van der Waals surface area contributed by atoms with E-state index < -0.39 is 17.7 Å². The lowest BCUT2D eigenvalue weighted by Gasteiger charge is -2.25. The van der Waals surface area contributed by atoms with Gasteiger partial charge in [0.1, 0.15) is 19.0 Å². The summed E-state index contributed by atoms with van der Waals surface area (Å²) in [7, 11) is 0. The van der Waals surface area contributed by atoms with E-state index in [2.05, 4.69) is 20.9 Å². The molecule has 0 aliphatic carbocycles. The van der Waals surface area contributed by atoms with Gasteiger partial charge in [0, 0.05) is 29.0 Å². The average molecular weight is 507 g/mol. The summed E-state index contributed by atoms with van der Waals surface area (Å²) in [6.45, 7) is 1.04. The average Bonchev–Trinajstić information content (AvgIpc) is 3.09. The monoisotopic (exact) mass is 506 g/mol. The van der Waals surface area contributed by atoms with Gasteiger partial charge >= 0.3 is 0 Å². The second-order valence-corrected chi connectivity index (χ2v) is 8.61. The SMILES string of the molecule is O=C1C(=O)N(Cc2ccncc2)C(c2ccc(Br)cc2)C1=C(O)c1ccc2c(c1)OCCO2. The van der Waals surface area contributed by atoms with Crippen molar-refractivity contribution in [3.63, 3.8) is 0 Å². The van der Waals surface area contributed by atoms with Crippen LogP contribution >= 0.6 is 15.9 Å². The Morgan fingerprint density at radius 3 is 2.42 bits per heavy atom. The highest BCUT2D eigenvalue weighted by Gasteiger charge is 2.46. The Morgan fingerprint density at radius 2 is 1.70 bits per heavy atom. The Kier molecular flexibility index (Phi) is 5.60. The van der Waals surface area contributed by atoms with Gasteiger partial charge in [0.2, 0.25) is 0 Å². The number of ether oxygens (including phenoxy) is 2. The highest BCUT2D eigenvalue weighted by Crippen LogP contribution is 2.42. The lowest BCUT2D eigenvalue weighted by molar-refractivity contribution is -0.140. The molecule has 0 radical (unpaired) electrons. The van der Waals surface area contributed by atoms with E-state index >= 15 is 0 Å². The number of Topliss-reactive ketones (excluding diaryl/α,β-unsaturated/α-hetero) is 1. The van der Waals surface area contributed by atoms with E-state index in [-0.39, 0.29) is 17.9 Å². The van der Waals surface area contributed by atoms with Crippen LogP contribution < -0.4 is 9.47 Å². The van der Waals surface area contributed by atoms with Crippen LogP contribution in [0, 0.1) is 0 Å². The maximum Gasteiger partial charge on any atom is 0.295 e. The molecule has 33 heavy (non-hydrogen) atoms. The fourth-order valence-electron chi connectivity index (χ4n) is 4.07. The van der Waals surface area contributed by atoms with Gasteiger partial charge in [-0.2, -0.15) is 0 Å². The molecular weight excluding hydrogens is 488 g/mol. The molecule has 0 spiro atoms. The van der Waals surface area contributed by atoms with Gasteiger partial charge in [-0.15, -0.1) is 0 Å². The summed E-state index contributed by atoms with van der Waals surface area (Å²) in [5.41, 5.74) is 1.95. The van der Waals surface area contributed by atoms with Crippen LogP contribution in [0.4, 0.5) is 0 Å². The number of aliphatic hydroxyl groups is 1. The number of benzene rings is 2. The first-order valence-electron chi connectivity index (χ1n) is 10.4. The molecule has 2 aliphatic rings. The highest BCUT2D eigenvalue weighted by molar-refractivity contribution is 9.10. The highest BCUT2D eigenvalue weighted by atomic mass is 79.9. The number of aliphatic hydroxyl groups excluding tert-OH is 1. The molecule has 0 bridgehead atoms. The minimum Gasteiger partial charge on any atom is -0.507 e. The maximum atomic E-state index is 13.2. The first-order valence-corrected chi connectivity index (χ1v) is 11.1. The van der Waals surface area contributed by atoms with E-state index in [1.807, 2.05) is 24.3 Å². The quantitative estimate of drug-likeness (QED) is 0.323. The number of carbonyl (C=O) groups is 2. The third-order valence-electron chi connectivity index (χ3n) is 5.64. The van der Waals surface area contributed by atoms with Crippen LogP contribution in [-0.2, 0) is 16.1 Å². The number of halogens is 1. The summed E-state index contributed by atoms with van der Waals surface area (Å²) in [4.78, 5) is 31.8. The topological polar surface area (TPSA) is 89.0 Å². The maximum absolute atomic E-state index is 13.2. The number of aromatic nitrogens is 1. The first kappa shape index (κ1) is 21.2. The predicted octanol–water partition coefficient (Wildman–Crippen LogP) is 4.24. The molecule has 3 heterocycles. The van der Waals surface area contributed by atoms with E-state index in [9.17, 15) is 14.7 Å². The van der Waals surface area contributed by atoms with Gasteiger partial charge in [0.25, 0.3) is 11.7 Å². The van der Waals surface area contributed by atoms with Crippen molar-refractivity contribution in [2.45, 2.75) is 12.6 Å². The van der Waals surface area contributed by atoms with Crippen molar-refractivity contribution >= 4 is 33.4 Å². The molecule has 5 rings (SSSR count). The first-order chi connectivity index (χ1) is 16.0. The zero-order valence-corrected chi connectivity index (χ0v) is 19.0.